The van der Waals surface area contributed by atoms with Gasteiger partial charge in [0.2, 0.25) is 5.91 Å². The SMILES string of the molecule is CC1C(=O)NCCN1C(=O)c1ccc(OC(F)(F)F)cc1. The first-order valence-electron chi connectivity index (χ1n) is 6.22. The number of hydrogen-bond acceptors (Lipinski definition) is 3. The number of hydrogen-bond donors (Lipinski definition) is 1. The van der Waals surface area contributed by atoms with Crippen molar-refractivity contribution in [3.8, 4) is 5.75 Å². The third-order valence-electron chi connectivity index (χ3n) is 3.09. The van der Waals surface area contributed by atoms with E-state index in [1.165, 1.54) is 17.0 Å². The topological polar surface area (TPSA) is 58.6 Å². The minimum absolute atomic E-state index is 0.200. The number of halogens is 3. The van der Waals surface area contributed by atoms with E-state index in [0.29, 0.717) is 13.1 Å². The molecule has 1 aliphatic rings. The van der Waals surface area contributed by atoms with Gasteiger partial charge in [0.15, 0.2) is 0 Å². The number of carbonyl (C=O) groups excluding carboxylic acids is 2. The fourth-order valence-corrected chi connectivity index (χ4v) is 2.02. The Balaban J connectivity index is 2.11. The van der Waals surface area contributed by atoms with Crippen molar-refractivity contribution in [1.29, 1.82) is 0 Å². The first kappa shape index (κ1) is 15.1. The zero-order valence-electron chi connectivity index (χ0n) is 11.1. The lowest BCUT2D eigenvalue weighted by atomic mass is 10.1. The number of nitrogens with one attached hydrogen (secondary N) is 1. The van der Waals surface area contributed by atoms with Gasteiger partial charge < -0.3 is 15.0 Å². The van der Waals surface area contributed by atoms with Crippen molar-refractivity contribution in [2.45, 2.75) is 19.3 Å². The van der Waals surface area contributed by atoms with E-state index in [4.69, 9.17) is 0 Å². The third-order valence-corrected chi connectivity index (χ3v) is 3.09. The van der Waals surface area contributed by atoms with Crippen LogP contribution in [-0.2, 0) is 4.79 Å². The van der Waals surface area contributed by atoms with Crippen LogP contribution in [0.15, 0.2) is 24.3 Å². The molecule has 0 bridgehead atoms. The Morgan fingerprint density at radius 3 is 2.52 bits per heavy atom. The van der Waals surface area contributed by atoms with Gasteiger partial charge in [-0.25, -0.2) is 0 Å². The molecule has 0 aromatic heterocycles. The summed E-state index contributed by atoms with van der Waals surface area (Å²) in [7, 11) is 0. The van der Waals surface area contributed by atoms with E-state index < -0.39 is 24.1 Å². The van der Waals surface area contributed by atoms with E-state index in [1.807, 2.05) is 0 Å². The predicted octanol–water partition coefficient (Wildman–Crippen LogP) is 1.55. The second-order valence-corrected chi connectivity index (χ2v) is 4.54. The number of amides is 2. The Kier molecular flexibility index (Phi) is 4.06. The van der Waals surface area contributed by atoms with Gasteiger partial charge in [-0.15, -0.1) is 13.2 Å². The summed E-state index contributed by atoms with van der Waals surface area (Å²) in [6, 6.07) is 3.99. The minimum atomic E-state index is -4.77. The molecule has 1 unspecified atom stereocenters. The lowest BCUT2D eigenvalue weighted by Crippen LogP contribution is -2.55. The van der Waals surface area contributed by atoms with Gasteiger partial charge in [-0.1, -0.05) is 0 Å². The van der Waals surface area contributed by atoms with E-state index in [2.05, 4.69) is 10.1 Å². The lowest BCUT2D eigenvalue weighted by Gasteiger charge is -2.32. The summed E-state index contributed by atoms with van der Waals surface area (Å²) < 4.78 is 39.9. The van der Waals surface area contributed by atoms with Crippen LogP contribution in [-0.4, -0.2) is 42.2 Å². The molecular formula is C13H13F3N2O3. The molecule has 1 atom stereocenters. The van der Waals surface area contributed by atoms with Gasteiger partial charge >= 0.3 is 6.36 Å². The zero-order valence-corrected chi connectivity index (χ0v) is 11.1. The molecule has 1 aromatic carbocycles. The molecular weight excluding hydrogens is 289 g/mol. The normalized spacial score (nSPS) is 19.1. The summed E-state index contributed by atoms with van der Waals surface area (Å²) in [5.41, 5.74) is 0.200. The largest absolute Gasteiger partial charge is 0.573 e. The van der Waals surface area contributed by atoms with Crippen molar-refractivity contribution in [2.24, 2.45) is 0 Å². The second kappa shape index (κ2) is 5.63. The molecule has 1 aliphatic heterocycles. The van der Waals surface area contributed by atoms with E-state index in [0.717, 1.165) is 12.1 Å². The van der Waals surface area contributed by atoms with Crippen LogP contribution in [0.5, 0.6) is 5.75 Å². The third kappa shape index (κ3) is 3.65. The van der Waals surface area contributed by atoms with E-state index >= 15 is 0 Å². The summed E-state index contributed by atoms with van der Waals surface area (Å²) in [4.78, 5) is 25.1. The van der Waals surface area contributed by atoms with Gasteiger partial charge in [-0.05, 0) is 31.2 Å². The highest BCUT2D eigenvalue weighted by Gasteiger charge is 2.32. The highest BCUT2D eigenvalue weighted by molar-refractivity contribution is 5.98. The Hall–Kier alpha value is -2.25. The summed E-state index contributed by atoms with van der Waals surface area (Å²) >= 11 is 0. The number of rotatable bonds is 2. The molecule has 21 heavy (non-hydrogen) atoms. The van der Waals surface area contributed by atoms with Crippen LogP contribution in [0.3, 0.4) is 0 Å². The van der Waals surface area contributed by atoms with Crippen LogP contribution in [0.1, 0.15) is 17.3 Å². The van der Waals surface area contributed by atoms with Gasteiger partial charge in [0.05, 0.1) is 0 Å². The standard InChI is InChI=1S/C13H13F3N2O3/c1-8-11(19)17-6-7-18(8)12(20)9-2-4-10(5-3-9)21-13(14,15)16/h2-5,8H,6-7H2,1H3,(H,17,19). The van der Waals surface area contributed by atoms with Gasteiger partial charge in [0.25, 0.3) is 5.91 Å². The maximum absolute atomic E-state index is 12.2. The number of ether oxygens (including phenoxy) is 1. The molecule has 5 nitrogen and oxygen atoms in total. The maximum Gasteiger partial charge on any atom is 0.573 e. The van der Waals surface area contributed by atoms with Crippen LogP contribution >= 0.6 is 0 Å². The summed E-state index contributed by atoms with van der Waals surface area (Å²) in [6.45, 7) is 2.30. The maximum atomic E-state index is 12.2. The molecule has 1 fully saturated rings. The Labute approximate surface area is 118 Å². The average molecular weight is 302 g/mol. The molecule has 2 rings (SSSR count). The van der Waals surface area contributed by atoms with Gasteiger partial charge in [-0.2, -0.15) is 0 Å². The van der Waals surface area contributed by atoms with Crippen molar-refractivity contribution in [1.82, 2.24) is 10.2 Å². The highest BCUT2D eigenvalue weighted by atomic mass is 19.4. The fraction of sp³-hybridized carbons (Fsp3) is 0.385. The quantitative estimate of drug-likeness (QED) is 0.901. The molecule has 0 spiro atoms. The smallest absolute Gasteiger partial charge is 0.406 e. The van der Waals surface area contributed by atoms with Crippen molar-refractivity contribution in [3.63, 3.8) is 0 Å². The van der Waals surface area contributed by atoms with Gasteiger partial charge in [-0.3, -0.25) is 9.59 Å². The molecule has 2 amide bonds. The number of piperazine rings is 1. The summed E-state index contributed by atoms with van der Waals surface area (Å²) in [5.74, 6) is -1.06. The zero-order chi connectivity index (χ0) is 15.6. The van der Waals surface area contributed by atoms with Crippen molar-refractivity contribution < 1.29 is 27.5 Å². The van der Waals surface area contributed by atoms with Crippen molar-refractivity contribution in [2.75, 3.05) is 13.1 Å². The van der Waals surface area contributed by atoms with E-state index in [-0.39, 0.29) is 11.5 Å². The van der Waals surface area contributed by atoms with E-state index in [9.17, 15) is 22.8 Å². The number of nitrogens with zero attached hydrogens (tertiary/aromatic N) is 1. The predicted molar refractivity (Wildman–Crippen MR) is 66.6 cm³/mol. The Bertz CT molecular complexity index is 543. The van der Waals surface area contributed by atoms with Crippen LogP contribution < -0.4 is 10.1 Å². The van der Waals surface area contributed by atoms with Crippen molar-refractivity contribution in [3.05, 3.63) is 29.8 Å². The van der Waals surface area contributed by atoms with Crippen LogP contribution in [0.4, 0.5) is 13.2 Å². The lowest BCUT2D eigenvalue weighted by molar-refractivity contribution is -0.274. The number of alkyl halides is 3. The molecule has 114 valence electrons. The Morgan fingerprint density at radius 1 is 1.33 bits per heavy atom. The molecule has 0 radical (unpaired) electrons. The molecule has 0 aliphatic carbocycles. The average Bonchev–Trinajstić information content (AvgIpc) is 2.40. The number of carbonyl (C=O) groups is 2. The van der Waals surface area contributed by atoms with Crippen LogP contribution in [0.2, 0.25) is 0 Å². The highest BCUT2D eigenvalue weighted by Crippen LogP contribution is 2.23. The second-order valence-electron chi connectivity index (χ2n) is 4.54. The van der Waals surface area contributed by atoms with Crippen LogP contribution in [0, 0.1) is 0 Å². The minimum Gasteiger partial charge on any atom is -0.406 e. The molecule has 1 N–H and O–H groups in total. The van der Waals surface area contributed by atoms with Gasteiger partial charge in [0.1, 0.15) is 11.8 Å². The van der Waals surface area contributed by atoms with Gasteiger partial charge in [0, 0.05) is 18.7 Å². The monoisotopic (exact) mass is 302 g/mol. The van der Waals surface area contributed by atoms with Crippen LogP contribution in [0.25, 0.3) is 0 Å². The fourth-order valence-electron chi connectivity index (χ4n) is 2.02. The first-order chi connectivity index (χ1) is 9.78. The molecule has 1 saturated heterocycles. The summed E-state index contributed by atoms with van der Waals surface area (Å²) in [5, 5.41) is 2.63. The van der Waals surface area contributed by atoms with E-state index in [1.54, 1.807) is 6.92 Å². The molecule has 1 heterocycles. The molecule has 1 aromatic rings. The Morgan fingerprint density at radius 2 is 1.95 bits per heavy atom. The number of benzene rings is 1. The first-order valence-corrected chi connectivity index (χ1v) is 6.22. The van der Waals surface area contributed by atoms with Crippen molar-refractivity contribution >= 4 is 11.8 Å². The molecule has 0 saturated carbocycles. The molecule has 8 heteroatoms. The summed E-state index contributed by atoms with van der Waals surface area (Å²) in [6.07, 6.45) is -4.77.